The van der Waals surface area contributed by atoms with Crippen LogP contribution in [0, 0.1) is 17.8 Å². The molecule has 1 amide bonds. The van der Waals surface area contributed by atoms with Gasteiger partial charge in [0, 0.05) is 19.5 Å². The second-order valence-electron chi connectivity index (χ2n) is 7.24. The van der Waals surface area contributed by atoms with Crippen molar-refractivity contribution in [3.05, 3.63) is 29.8 Å². The van der Waals surface area contributed by atoms with Gasteiger partial charge in [0.1, 0.15) is 5.75 Å². The van der Waals surface area contributed by atoms with E-state index in [0.717, 1.165) is 30.6 Å². The number of carbonyl (C=O) groups is 2. The lowest BCUT2D eigenvalue weighted by atomic mass is 9.92. The first-order valence-electron chi connectivity index (χ1n) is 9.30. The van der Waals surface area contributed by atoms with Crippen molar-refractivity contribution in [3.8, 4) is 5.75 Å². The molecule has 0 bridgehead atoms. The standard InChI is InChI=1S/C20H27NO4/c1-2-11-25-16-8-3-14(4-9-16)5-10-19(22)21-12-17(15-6-7-15)18(13-21)20(23)24/h3-4,8-9,15,17-18H,2,5-7,10-13H2,1H3,(H,23,24)/t17-,18+/m1/s1. The first kappa shape index (κ1) is 17.8. The normalized spacial score (nSPS) is 22.8. The Hall–Kier alpha value is -2.04. The third-order valence-electron chi connectivity index (χ3n) is 5.29. The molecule has 0 unspecified atom stereocenters. The number of hydrogen-bond acceptors (Lipinski definition) is 3. The number of carboxylic acids is 1. The third-order valence-corrected chi connectivity index (χ3v) is 5.29. The molecule has 0 aromatic heterocycles. The van der Waals surface area contributed by atoms with Crippen LogP contribution in [0.3, 0.4) is 0 Å². The first-order valence-corrected chi connectivity index (χ1v) is 9.30. The Morgan fingerprint density at radius 3 is 2.52 bits per heavy atom. The Morgan fingerprint density at radius 2 is 1.92 bits per heavy atom. The first-order chi connectivity index (χ1) is 12.1. The van der Waals surface area contributed by atoms with Gasteiger partial charge in [0.15, 0.2) is 0 Å². The van der Waals surface area contributed by atoms with Crippen molar-refractivity contribution >= 4 is 11.9 Å². The molecule has 2 atom stereocenters. The number of benzene rings is 1. The average Bonchev–Trinajstić information content (AvgIpc) is 3.36. The minimum Gasteiger partial charge on any atom is -0.494 e. The molecule has 136 valence electrons. The van der Waals surface area contributed by atoms with E-state index in [4.69, 9.17) is 4.74 Å². The number of carboxylic acid groups (broad SMARTS) is 1. The van der Waals surface area contributed by atoms with Gasteiger partial charge in [-0.1, -0.05) is 19.1 Å². The van der Waals surface area contributed by atoms with Crippen molar-refractivity contribution in [2.24, 2.45) is 17.8 Å². The summed E-state index contributed by atoms with van der Waals surface area (Å²) in [5.41, 5.74) is 1.10. The molecule has 3 rings (SSSR count). The van der Waals surface area contributed by atoms with Gasteiger partial charge >= 0.3 is 5.97 Å². The van der Waals surface area contributed by atoms with E-state index >= 15 is 0 Å². The van der Waals surface area contributed by atoms with Gasteiger partial charge in [-0.2, -0.15) is 0 Å². The molecular formula is C20H27NO4. The van der Waals surface area contributed by atoms with E-state index in [2.05, 4.69) is 6.92 Å². The topological polar surface area (TPSA) is 66.8 Å². The largest absolute Gasteiger partial charge is 0.494 e. The molecule has 5 nitrogen and oxygen atoms in total. The van der Waals surface area contributed by atoms with E-state index < -0.39 is 5.97 Å². The zero-order chi connectivity index (χ0) is 17.8. The summed E-state index contributed by atoms with van der Waals surface area (Å²) in [6, 6.07) is 7.87. The number of aryl methyl sites for hydroxylation is 1. The van der Waals surface area contributed by atoms with Crippen molar-refractivity contribution in [3.63, 3.8) is 0 Å². The van der Waals surface area contributed by atoms with Gasteiger partial charge in [-0.25, -0.2) is 0 Å². The SMILES string of the molecule is CCCOc1ccc(CCC(=O)N2C[C@H](C(=O)O)[C@@H](C3CC3)C2)cc1. The van der Waals surface area contributed by atoms with Gasteiger partial charge in [0.2, 0.25) is 5.91 Å². The van der Waals surface area contributed by atoms with Gasteiger partial charge < -0.3 is 14.7 Å². The minimum absolute atomic E-state index is 0.0701. The number of hydrogen-bond donors (Lipinski definition) is 1. The summed E-state index contributed by atoms with van der Waals surface area (Å²) in [4.78, 5) is 25.7. The maximum absolute atomic E-state index is 12.5. The van der Waals surface area contributed by atoms with Gasteiger partial charge in [-0.3, -0.25) is 9.59 Å². The summed E-state index contributed by atoms with van der Waals surface area (Å²) in [6.07, 6.45) is 4.31. The smallest absolute Gasteiger partial charge is 0.308 e. The van der Waals surface area contributed by atoms with Crippen molar-refractivity contribution in [1.82, 2.24) is 4.90 Å². The van der Waals surface area contributed by atoms with Crippen LogP contribution in [-0.2, 0) is 16.0 Å². The predicted molar refractivity (Wildman–Crippen MR) is 94.5 cm³/mol. The molecule has 2 fully saturated rings. The van der Waals surface area contributed by atoms with Crippen molar-refractivity contribution in [1.29, 1.82) is 0 Å². The number of rotatable bonds is 8. The average molecular weight is 345 g/mol. The van der Waals surface area contributed by atoms with Crippen LogP contribution >= 0.6 is 0 Å². The van der Waals surface area contributed by atoms with E-state index in [9.17, 15) is 14.7 Å². The number of ether oxygens (including phenoxy) is 1. The third kappa shape index (κ3) is 4.53. The van der Waals surface area contributed by atoms with E-state index in [1.165, 1.54) is 0 Å². The highest BCUT2D eigenvalue weighted by atomic mass is 16.5. The molecule has 1 N–H and O–H groups in total. The zero-order valence-electron chi connectivity index (χ0n) is 14.8. The number of aliphatic carboxylic acids is 1. The molecule has 2 aliphatic rings. The molecule has 1 saturated carbocycles. The second-order valence-corrected chi connectivity index (χ2v) is 7.24. The molecule has 5 heteroatoms. The molecule has 25 heavy (non-hydrogen) atoms. The lowest BCUT2D eigenvalue weighted by Gasteiger charge is -2.16. The predicted octanol–water partition coefficient (Wildman–Crippen LogP) is 2.98. The van der Waals surface area contributed by atoms with Crippen LogP contribution < -0.4 is 4.74 Å². The van der Waals surface area contributed by atoms with Crippen LogP contribution in [0.4, 0.5) is 0 Å². The molecule has 1 heterocycles. The van der Waals surface area contributed by atoms with E-state index in [-0.39, 0.29) is 17.7 Å². The minimum atomic E-state index is -0.755. The molecular weight excluding hydrogens is 318 g/mol. The summed E-state index contributed by atoms with van der Waals surface area (Å²) in [5, 5.41) is 9.41. The Labute approximate surface area is 149 Å². The van der Waals surface area contributed by atoms with Crippen LogP contribution in [0.5, 0.6) is 5.75 Å². The molecule has 1 aliphatic carbocycles. The summed E-state index contributed by atoms with van der Waals surface area (Å²) in [6.45, 7) is 3.77. The monoisotopic (exact) mass is 345 g/mol. The number of amides is 1. The van der Waals surface area contributed by atoms with Crippen molar-refractivity contribution in [2.45, 2.75) is 39.0 Å². The maximum atomic E-state index is 12.5. The van der Waals surface area contributed by atoms with Crippen LogP contribution in [0.25, 0.3) is 0 Å². The highest BCUT2D eigenvalue weighted by molar-refractivity contribution is 5.79. The van der Waals surface area contributed by atoms with Crippen molar-refractivity contribution in [2.75, 3.05) is 19.7 Å². The summed E-state index contributed by atoms with van der Waals surface area (Å²) >= 11 is 0. The highest BCUT2D eigenvalue weighted by Crippen LogP contribution is 2.44. The van der Waals surface area contributed by atoms with Gasteiger partial charge in [0.05, 0.1) is 12.5 Å². The maximum Gasteiger partial charge on any atom is 0.308 e. The molecule has 1 saturated heterocycles. The van der Waals surface area contributed by atoms with Crippen LogP contribution in [0.2, 0.25) is 0 Å². The number of nitrogens with zero attached hydrogens (tertiary/aromatic N) is 1. The molecule has 1 aliphatic heterocycles. The van der Waals surface area contributed by atoms with Gasteiger partial charge in [-0.15, -0.1) is 0 Å². The Bertz CT molecular complexity index is 609. The number of carbonyl (C=O) groups excluding carboxylic acids is 1. The molecule has 0 spiro atoms. The lowest BCUT2D eigenvalue weighted by molar-refractivity contribution is -0.142. The van der Waals surface area contributed by atoms with E-state index in [1.807, 2.05) is 24.3 Å². The number of likely N-dealkylation sites (tertiary alicyclic amines) is 1. The fraction of sp³-hybridized carbons (Fsp3) is 0.600. The van der Waals surface area contributed by atoms with Crippen LogP contribution in [-0.4, -0.2) is 41.6 Å². The molecule has 0 radical (unpaired) electrons. The molecule has 1 aromatic carbocycles. The van der Waals surface area contributed by atoms with Crippen molar-refractivity contribution < 1.29 is 19.4 Å². The molecule has 1 aromatic rings. The fourth-order valence-corrected chi connectivity index (χ4v) is 3.68. The quantitative estimate of drug-likeness (QED) is 0.786. The van der Waals surface area contributed by atoms with Crippen LogP contribution in [0.15, 0.2) is 24.3 Å². The summed E-state index contributed by atoms with van der Waals surface area (Å²) in [7, 11) is 0. The Balaban J connectivity index is 1.50. The highest BCUT2D eigenvalue weighted by Gasteiger charge is 2.46. The fourth-order valence-electron chi connectivity index (χ4n) is 3.68. The van der Waals surface area contributed by atoms with Crippen LogP contribution in [0.1, 0.15) is 38.2 Å². The van der Waals surface area contributed by atoms with Gasteiger partial charge in [-0.05, 0) is 55.2 Å². The second kappa shape index (κ2) is 7.89. The summed E-state index contributed by atoms with van der Waals surface area (Å²) in [5.74, 6) is 0.445. The lowest BCUT2D eigenvalue weighted by Crippen LogP contribution is -2.30. The Morgan fingerprint density at radius 1 is 1.20 bits per heavy atom. The summed E-state index contributed by atoms with van der Waals surface area (Å²) < 4.78 is 5.56. The van der Waals surface area contributed by atoms with Gasteiger partial charge in [0.25, 0.3) is 0 Å². The van der Waals surface area contributed by atoms with E-state index in [1.54, 1.807) is 4.90 Å². The zero-order valence-corrected chi connectivity index (χ0v) is 14.8. The van der Waals surface area contributed by atoms with E-state index in [0.29, 0.717) is 38.5 Å². The Kier molecular flexibility index (Phi) is 5.61.